The summed E-state index contributed by atoms with van der Waals surface area (Å²) in [6.07, 6.45) is 12.2. The predicted octanol–water partition coefficient (Wildman–Crippen LogP) is 5.60. The van der Waals surface area contributed by atoms with E-state index in [0.717, 1.165) is 69.5 Å². The lowest BCUT2D eigenvalue weighted by Crippen LogP contribution is -2.31. The summed E-state index contributed by atoms with van der Waals surface area (Å²) in [5.41, 5.74) is 0. The lowest BCUT2D eigenvalue weighted by atomic mass is 9.86. The van der Waals surface area contributed by atoms with Gasteiger partial charge in [0.25, 0.3) is 0 Å². The molecule has 2 aliphatic rings. The molecule has 2 unspecified atom stereocenters. The molecule has 0 amide bonds. The zero-order valence-corrected chi connectivity index (χ0v) is 22.5. The van der Waals surface area contributed by atoms with Crippen LogP contribution in [0.3, 0.4) is 0 Å². The molecular formula is C28H46O5S. The minimum Gasteiger partial charge on any atom is -0.469 e. The first-order valence-corrected chi connectivity index (χ1v) is 14.3. The number of ether oxygens (including phenoxy) is 3. The standard InChI is InChI=1S/C28H46O5S/c1-5-6-7-11-21(2)26(33-28-13-8-9-17-32-28)15-14-23-22(3)20-25(29)24(23)16-19-34-18-10-12-27(30)31-4/h14-15,21-26,28-29H,5,8-13,16-20H2,1-4H3/b15-14+/t21-,22+,23-,24+,25-,26?,28?/m0/s1. The molecule has 1 aliphatic carbocycles. The van der Waals surface area contributed by atoms with Crippen LogP contribution in [0.5, 0.6) is 0 Å². The summed E-state index contributed by atoms with van der Waals surface area (Å²) in [4.78, 5) is 11.3. The zero-order valence-electron chi connectivity index (χ0n) is 21.7. The summed E-state index contributed by atoms with van der Waals surface area (Å²) in [6.45, 7) is 7.30. The average Bonchev–Trinajstić information content (AvgIpc) is 3.11. The highest BCUT2D eigenvalue weighted by Crippen LogP contribution is 2.41. The van der Waals surface area contributed by atoms with Gasteiger partial charge in [-0.2, -0.15) is 11.8 Å². The Hall–Kier alpha value is -1.00. The van der Waals surface area contributed by atoms with Crippen LogP contribution >= 0.6 is 11.8 Å². The molecule has 6 heteroatoms. The Labute approximate surface area is 211 Å². The number of hydrogen-bond donors (Lipinski definition) is 1. The molecule has 1 aliphatic heterocycles. The number of esters is 1. The fourth-order valence-corrected chi connectivity index (χ4v) is 5.92. The molecule has 1 saturated heterocycles. The lowest BCUT2D eigenvalue weighted by Gasteiger charge is -2.29. The lowest BCUT2D eigenvalue weighted by molar-refractivity contribution is -0.186. The maximum atomic E-state index is 11.3. The van der Waals surface area contributed by atoms with Crippen molar-refractivity contribution in [3.63, 3.8) is 0 Å². The van der Waals surface area contributed by atoms with Gasteiger partial charge in [0, 0.05) is 25.9 Å². The van der Waals surface area contributed by atoms with E-state index in [9.17, 15) is 9.90 Å². The third-order valence-corrected chi connectivity index (χ3v) is 8.11. The number of hydrogen-bond acceptors (Lipinski definition) is 6. The Balaban J connectivity index is 1.94. The Morgan fingerprint density at radius 1 is 1.29 bits per heavy atom. The van der Waals surface area contributed by atoms with Gasteiger partial charge in [-0.1, -0.05) is 32.9 Å². The second-order valence-electron chi connectivity index (χ2n) is 9.77. The molecule has 5 nitrogen and oxygen atoms in total. The monoisotopic (exact) mass is 494 g/mol. The van der Waals surface area contributed by atoms with Crippen LogP contribution in [0.1, 0.15) is 78.6 Å². The molecule has 2 fully saturated rings. The second-order valence-corrected chi connectivity index (χ2v) is 11.0. The van der Waals surface area contributed by atoms with Gasteiger partial charge < -0.3 is 19.3 Å². The molecule has 34 heavy (non-hydrogen) atoms. The van der Waals surface area contributed by atoms with E-state index in [1.165, 1.54) is 7.11 Å². The number of methoxy groups -OCH3 is 1. The van der Waals surface area contributed by atoms with Crippen molar-refractivity contribution >= 4 is 17.7 Å². The molecule has 1 heterocycles. The molecule has 0 radical (unpaired) electrons. The van der Waals surface area contributed by atoms with Crippen molar-refractivity contribution in [1.29, 1.82) is 0 Å². The van der Waals surface area contributed by atoms with E-state index in [-0.39, 0.29) is 36.3 Å². The highest BCUT2D eigenvalue weighted by Gasteiger charge is 2.38. The Morgan fingerprint density at radius 2 is 2.12 bits per heavy atom. The SMILES string of the molecule is CCC#CC[C@H](C)C(/C=C/[C@@H]1[C@@H](CCSCCCC(=O)OC)[C@@H](O)C[C@H]1C)OC1CCCCO1. The van der Waals surface area contributed by atoms with Gasteiger partial charge in [0.15, 0.2) is 6.29 Å². The van der Waals surface area contributed by atoms with Crippen LogP contribution in [0.25, 0.3) is 0 Å². The van der Waals surface area contributed by atoms with Crippen molar-refractivity contribution < 1.29 is 24.1 Å². The number of allylic oxidation sites excluding steroid dienone is 1. The summed E-state index contributed by atoms with van der Waals surface area (Å²) in [7, 11) is 1.43. The summed E-state index contributed by atoms with van der Waals surface area (Å²) in [5.74, 6) is 9.61. The molecular weight excluding hydrogens is 448 g/mol. The van der Waals surface area contributed by atoms with Gasteiger partial charge >= 0.3 is 5.97 Å². The Kier molecular flexibility index (Phi) is 14.3. The molecule has 0 aromatic heterocycles. The van der Waals surface area contributed by atoms with Crippen molar-refractivity contribution in [3.8, 4) is 11.8 Å². The first-order valence-electron chi connectivity index (χ1n) is 13.2. The summed E-state index contributed by atoms with van der Waals surface area (Å²) >= 11 is 1.86. The van der Waals surface area contributed by atoms with Crippen LogP contribution in [0.15, 0.2) is 12.2 Å². The summed E-state index contributed by atoms with van der Waals surface area (Å²) in [6, 6.07) is 0. The number of aliphatic hydroxyl groups is 1. The summed E-state index contributed by atoms with van der Waals surface area (Å²) < 4.78 is 17.0. The van der Waals surface area contributed by atoms with Crippen LogP contribution in [0.4, 0.5) is 0 Å². The highest BCUT2D eigenvalue weighted by atomic mass is 32.2. The van der Waals surface area contributed by atoms with Crippen molar-refractivity contribution in [2.75, 3.05) is 25.2 Å². The van der Waals surface area contributed by atoms with Crippen molar-refractivity contribution in [2.45, 2.75) is 97.1 Å². The van der Waals surface area contributed by atoms with E-state index in [4.69, 9.17) is 14.2 Å². The number of carbonyl (C=O) groups excluding carboxylic acids is 1. The van der Waals surface area contributed by atoms with E-state index in [1.807, 2.05) is 11.8 Å². The number of rotatable bonds is 13. The minimum atomic E-state index is -0.255. The first-order chi connectivity index (χ1) is 16.5. The summed E-state index contributed by atoms with van der Waals surface area (Å²) in [5, 5.41) is 10.7. The topological polar surface area (TPSA) is 65.0 Å². The van der Waals surface area contributed by atoms with E-state index < -0.39 is 0 Å². The second kappa shape index (κ2) is 16.6. The van der Waals surface area contributed by atoms with Gasteiger partial charge in [-0.05, 0) is 73.7 Å². The van der Waals surface area contributed by atoms with Crippen LogP contribution in [-0.2, 0) is 19.0 Å². The van der Waals surface area contributed by atoms with E-state index in [1.54, 1.807) is 0 Å². The minimum absolute atomic E-state index is 0.0347. The average molecular weight is 495 g/mol. The quantitative estimate of drug-likeness (QED) is 0.156. The van der Waals surface area contributed by atoms with Gasteiger partial charge in [0.2, 0.25) is 0 Å². The van der Waals surface area contributed by atoms with Gasteiger partial charge in [-0.15, -0.1) is 11.8 Å². The van der Waals surface area contributed by atoms with Crippen LogP contribution in [0.2, 0.25) is 0 Å². The van der Waals surface area contributed by atoms with Gasteiger partial charge in [-0.25, -0.2) is 0 Å². The molecule has 0 bridgehead atoms. The van der Waals surface area contributed by atoms with Crippen molar-refractivity contribution in [3.05, 3.63) is 12.2 Å². The fourth-order valence-electron chi connectivity index (χ4n) is 4.93. The van der Waals surface area contributed by atoms with Gasteiger partial charge in [0.05, 0.1) is 19.3 Å². The maximum absolute atomic E-state index is 11.3. The molecule has 0 spiro atoms. The van der Waals surface area contributed by atoms with Crippen molar-refractivity contribution in [1.82, 2.24) is 0 Å². The smallest absolute Gasteiger partial charge is 0.305 e. The third-order valence-electron chi connectivity index (χ3n) is 7.01. The molecule has 0 aromatic carbocycles. The first kappa shape index (κ1) is 29.2. The Bertz CT molecular complexity index is 663. The molecule has 194 valence electrons. The van der Waals surface area contributed by atoms with E-state index in [0.29, 0.717) is 18.3 Å². The molecule has 1 saturated carbocycles. The molecule has 0 aromatic rings. The van der Waals surface area contributed by atoms with Crippen molar-refractivity contribution in [2.24, 2.45) is 23.7 Å². The van der Waals surface area contributed by atoms with Crippen LogP contribution in [0, 0.1) is 35.5 Å². The highest BCUT2D eigenvalue weighted by molar-refractivity contribution is 7.99. The predicted molar refractivity (Wildman–Crippen MR) is 139 cm³/mol. The third kappa shape index (κ3) is 10.3. The van der Waals surface area contributed by atoms with Crippen LogP contribution in [-0.4, -0.2) is 54.8 Å². The molecule has 1 N–H and O–H groups in total. The van der Waals surface area contributed by atoms with E-state index in [2.05, 4.69) is 44.8 Å². The van der Waals surface area contributed by atoms with E-state index >= 15 is 0 Å². The number of thioether (sulfide) groups is 1. The van der Waals surface area contributed by atoms with Gasteiger partial charge in [0.1, 0.15) is 0 Å². The van der Waals surface area contributed by atoms with Crippen LogP contribution < -0.4 is 0 Å². The van der Waals surface area contributed by atoms with Gasteiger partial charge in [-0.3, -0.25) is 4.79 Å². The Morgan fingerprint density at radius 3 is 2.82 bits per heavy atom. The zero-order chi connectivity index (χ0) is 24.8. The fraction of sp³-hybridized carbons (Fsp3) is 0.821. The number of aliphatic hydroxyl groups excluding tert-OH is 1. The number of carbonyl (C=O) groups is 1. The molecule has 7 atom stereocenters. The molecule has 2 rings (SSSR count). The maximum Gasteiger partial charge on any atom is 0.305 e. The normalized spacial score (nSPS) is 28.9. The largest absolute Gasteiger partial charge is 0.469 e.